The molecule has 0 radical (unpaired) electrons. The first-order valence-electron chi connectivity index (χ1n) is 10.2. The molecule has 1 aliphatic rings. The fraction of sp³-hybridized carbons (Fsp3) is 0.120. The van der Waals surface area contributed by atoms with Crippen molar-refractivity contribution in [2.45, 2.75) is 12.6 Å². The second-order valence-corrected chi connectivity index (χ2v) is 8.05. The third kappa shape index (κ3) is 3.47. The van der Waals surface area contributed by atoms with E-state index < -0.39 is 17.7 Å². The quantitative estimate of drug-likeness (QED) is 0.246. The Balaban J connectivity index is 1.71. The van der Waals surface area contributed by atoms with Gasteiger partial charge in [0, 0.05) is 28.2 Å². The van der Waals surface area contributed by atoms with Gasteiger partial charge in [-0.05, 0) is 36.4 Å². The zero-order valence-corrected chi connectivity index (χ0v) is 18.3. The number of furan rings is 1. The lowest BCUT2D eigenvalue weighted by Crippen LogP contribution is -2.29. The molecule has 0 saturated carbocycles. The van der Waals surface area contributed by atoms with Crippen LogP contribution in [0, 0.1) is 0 Å². The van der Waals surface area contributed by atoms with Crippen molar-refractivity contribution >= 4 is 40.0 Å². The van der Waals surface area contributed by atoms with E-state index >= 15 is 0 Å². The number of fused-ring (bicyclic) bond motifs is 1. The van der Waals surface area contributed by atoms with Crippen LogP contribution in [0.25, 0.3) is 16.7 Å². The molecule has 0 aliphatic carbocycles. The fourth-order valence-electron chi connectivity index (χ4n) is 4.23. The number of ketones is 1. The number of aliphatic hydroxyl groups excluding tert-OH is 1. The second-order valence-electron chi connectivity index (χ2n) is 7.65. The molecule has 1 unspecified atom stereocenters. The number of H-pyrrole nitrogens is 1. The number of hydrogen-bond acceptors (Lipinski definition) is 5. The molecule has 1 aliphatic heterocycles. The van der Waals surface area contributed by atoms with E-state index in [0.29, 0.717) is 22.6 Å². The van der Waals surface area contributed by atoms with Crippen LogP contribution in [0.2, 0.25) is 5.02 Å². The van der Waals surface area contributed by atoms with Crippen molar-refractivity contribution in [3.63, 3.8) is 0 Å². The van der Waals surface area contributed by atoms with Gasteiger partial charge >= 0.3 is 0 Å². The van der Waals surface area contributed by atoms with Gasteiger partial charge in [0.05, 0.1) is 36.6 Å². The minimum absolute atomic E-state index is 0.0162. The Morgan fingerprint density at radius 3 is 2.73 bits per heavy atom. The number of aromatic nitrogens is 1. The number of nitrogens with zero attached hydrogens (tertiary/aromatic N) is 1. The largest absolute Gasteiger partial charge is 0.507 e. The number of carbonyl (C=O) groups is 2. The average molecular weight is 463 g/mol. The molecule has 7 nitrogen and oxygen atoms in total. The number of nitrogens with one attached hydrogen (secondary N) is 1. The Bertz CT molecular complexity index is 1400. The number of aromatic amines is 1. The molecule has 2 N–H and O–H groups in total. The third-order valence-electron chi connectivity index (χ3n) is 5.79. The van der Waals surface area contributed by atoms with Crippen LogP contribution in [0.15, 0.2) is 77.0 Å². The van der Waals surface area contributed by atoms with Crippen molar-refractivity contribution in [3.8, 4) is 5.75 Å². The number of Topliss-reactive ketones (excluding diaryl/α,β-unsaturated/α-hetero) is 1. The van der Waals surface area contributed by atoms with Gasteiger partial charge in [-0.1, -0.05) is 29.8 Å². The second kappa shape index (κ2) is 8.18. The molecule has 1 saturated heterocycles. The smallest absolute Gasteiger partial charge is 0.296 e. The summed E-state index contributed by atoms with van der Waals surface area (Å²) in [5, 5.41) is 12.3. The molecule has 3 heterocycles. The number of hydrogen-bond donors (Lipinski definition) is 2. The Hall–Kier alpha value is -3.97. The molecule has 33 heavy (non-hydrogen) atoms. The van der Waals surface area contributed by atoms with Crippen molar-refractivity contribution in [1.82, 2.24) is 9.88 Å². The van der Waals surface area contributed by atoms with E-state index in [2.05, 4.69) is 4.98 Å². The minimum Gasteiger partial charge on any atom is -0.507 e. The first kappa shape index (κ1) is 20.9. The van der Waals surface area contributed by atoms with Crippen LogP contribution in [0.4, 0.5) is 0 Å². The van der Waals surface area contributed by atoms with E-state index in [-0.39, 0.29) is 22.9 Å². The van der Waals surface area contributed by atoms with Crippen LogP contribution < -0.4 is 4.74 Å². The van der Waals surface area contributed by atoms with Gasteiger partial charge in [-0.15, -0.1) is 0 Å². The van der Waals surface area contributed by atoms with E-state index in [1.165, 1.54) is 24.3 Å². The number of amides is 1. The minimum atomic E-state index is -0.827. The summed E-state index contributed by atoms with van der Waals surface area (Å²) in [6, 6.07) is 14.9. The van der Waals surface area contributed by atoms with Gasteiger partial charge in [-0.2, -0.15) is 0 Å². The topological polar surface area (TPSA) is 95.8 Å². The van der Waals surface area contributed by atoms with Gasteiger partial charge in [-0.3, -0.25) is 9.59 Å². The molecule has 2 aromatic heterocycles. The Labute approximate surface area is 193 Å². The van der Waals surface area contributed by atoms with Crippen LogP contribution in [-0.2, 0) is 16.1 Å². The number of aliphatic hydroxyl groups is 1. The van der Waals surface area contributed by atoms with Crippen LogP contribution >= 0.6 is 11.6 Å². The molecule has 2 aromatic carbocycles. The zero-order chi connectivity index (χ0) is 23.1. The highest BCUT2D eigenvalue weighted by Gasteiger charge is 2.47. The maximum atomic E-state index is 13.2. The number of ether oxygens (including phenoxy) is 1. The van der Waals surface area contributed by atoms with Crippen LogP contribution in [-0.4, -0.2) is 33.8 Å². The summed E-state index contributed by atoms with van der Waals surface area (Å²) < 4.78 is 10.6. The molecule has 0 bridgehead atoms. The third-order valence-corrected chi connectivity index (χ3v) is 6.08. The van der Waals surface area contributed by atoms with Gasteiger partial charge in [0.25, 0.3) is 11.7 Å². The molecule has 4 aromatic rings. The number of benzene rings is 2. The van der Waals surface area contributed by atoms with E-state index in [0.717, 1.165) is 10.9 Å². The lowest BCUT2D eigenvalue weighted by Gasteiger charge is -2.24. The van der Waals surface area contributed by atoms with E-state index in [1.54, 1.807) is 30.5 Å². The molecule has 5 rings (SSSR count). The molecule has 8 heteroatoms. The number of carbonyl (C=O) groups excluding carboxylic acids is 2. The van der Waals surface area contributed by atoms with Crippen molar-refractivity contribution < 1.29 is 23.8 Å². The maximum absolute atomic E-state index is 13.2. The van der Waals surface area contributed by atoms with Gasteiger partial charge in [0.1, 0.15) is 17.3 Å². The van der Waals surface area contributed by atoms with Crippen LogP contribution in [0.3, 0.4) is 0 Å². The fourth-order valence-corrected chi connectivity index (χ4v) is 4.48. The lowest BCUT2D eigenvalue weighted by molar-refractivity contribution is -0.140. The molecule has 1 amide bonds. The lowest BCUT2D eigenvalue weighted by atomic mass is 9.95. The molecular weight excluding hydrogens is 444 g/mol. The summed E-state index contributed by atoms with van der Waals surface area (Å²) in [5.74, 6) is -0.854. The van der Waals surface area contributed by atoms with Gasteiger partial charge in [-0.25, -0.2) is 0 Å². The maximum Gasteiger partial charge on any atom is 0.296 e. The van der Waals surface area contributed by atoms with Crippen LogP contribution in [0.1, 0.15) is 22.9 Å². The molecule has 166 valence electrons. The van der Waals surface area contributed by atoms with E-state index in [4.69, 9.17) is 20.8 Å². The Morgan fingerprint density at radius 1 is 1.18 bits per heavy atom. The van der Waals surface area contributed by atoms with E-state index in [9.17, 15) is 14.7 Å². The molecule has 1 atom stereocenters. The summed E-state index contributed by atoms with van der Waals surface area (Å²) in [6.07, 6.45) is 3.26. The summed E-state index contributed by atoms with van der Waals surface area (Å²) >= 11 is 6.24. The zero-order valence-electron chi connectivity index (χ0n) is 17.5. The highest BCUT2D eigenvalue weighted by molar-refractivity contribution is 6.46. The molecular formula is C25H19ClN2O5. The SMILES string of the molecule is COc1ccc(/C(O)=C2\C(=O)C(=O)N(Cc3ccco3)C2c2c[nH]c3ccccc23)cc1Cl. The van der Waals surface area contributed by atoms with Crippen molar-refractivity contribution in [2.75, 3.05) is 7.11 Å². The highest BCUT2D eigenvalue weighted by Crippen LogP contribution is 2.43. The monoisotopic (exact) mass is 462 g/mol. The summed E-state index contributed by atoms with van der Waals surface area (Å²) in [5.41, 5.74) is 1.83. The highest BCUT2D eigenvalue weighted by atomic mass is 35.5. The van der Waals surface area contributed by atoms with Crippen LogP contribution in [0.5, 0.6) is 5.75 Å². The normalized spacial score (nSPS) is 17.8. The predicted molar refractivity (Wildman–Crippen MR) is 123 cm³/mol. The molecule has 1 fully saturated rings. The number of methoxy groups -OCH3 is 1. The van der Waals surface area contributed by atoms with Crippen molar-refractivity contribution in [1.29, 1.82) is 0 Å². The Kier molecular flexibility index (Phi) is 5.18. The summed E-state index contributed by atoms with van der Waals surface area (Å²) in [4.78, 5) is 30.9. The number of para-hydroxylation sites is 1. The summed E-state index contributed by atoms with van der Waals surface area (Å²) in [7, 11) is 1.48. The number of halogens is 1. The first-order valence-corrected chi connectivity index (χ1v) is 10.6. The average Bonchev–Trinajstić information content (AvgIpc) is 3.54. The van der Waals surface area contributed by atoms with Crippen molar-refractivity contribution in [3.05, 3.63) is 94.5 Å². The van der Waals surface area contributed by atoms with Gasteiger partial charge in [0.15, 0.2) is 0 Å². The van der Waals surface area contributed by atoms with Crippen molar-refractivity contribution in [2.24, 2.45) is 0 Å². The first-order chi connectivity index (χ1) is 16.0. The molecule has 0 spiro atoms. The number of rotatable bonds is 5. The van der Waals surface area contributed by atoms with E-state index in [1.807, 2.05) is 24.3 Å². The van der Waals surface area contributed by atoms with Gasteiger partial charge in [0.2, 0.25) is 0 Å². The van der Waals surface area contributed by atoms with Gasteiger partial charge < -0.3 is 24.1 Å². The standard InChI is InChI=1S/C25H19ClN2O5/c1-32-20-9-8-14(11-18(20)26)23(29)21-22(17-12-27-19-7-3-2-6-16(17)19)28(25(31)24(21)30)13-15-5-4-10-33-15/h2-12,22,27,29H,13H2,1H3/b23-21+. The summed E-state index contributed by atoms with van der Waals surface area (Å²) in [6.45, 7) is 0.0713. The number of likely N-dealkylation sites (tertiary alicyclic amines) is 1. The predicted octanol–water partition coefficient (Wildman–Crippen LogP) is 5.04. The Morgan fingerprint density at radius 2 is 2.00 bits per heavy atom.